The zero-order valence-electron chi connectivity index (χ0n) is 9.42. The van der Waals surface area contributed by atoms with E-state index in [0.717, 1.165) is 25.0 Å². The summed E-state index contributed by atoms with van der Waals surface area (Å²) in [4.78, 5) is 10.7. The molecule has 0 saturated heterocycles. The summed E-state index contributed by atoms with van der Waals surface area (Å²) in [7, 11) is 0. The van der Waals surface area contributed by atoms with E-state index in [1.807, 2.05) is 0 Å². The standard InChI is InChI=1S/C12H12F3NO2/c13-12(14,15)10-5-7(6-16-8-2-3-8)1-4-9(10)11(17)18/h1,4-5,8,16H,2-3,6H2,(H,17,18). The first-order valence-electron chi connectivity index (χ1n) is 5.54. The molecule has 1 aromatic rings. The van der Waals surface area contributed by atoms with Crippen LogP contribution in [0.2, 0.25) is 0 Å². The van der Waals surface area contributed by atoms with E-state index < -0.39 is 23.3 Å². The molecule has 1 aliphatic carbocycles. The minimum atomic E-state index is -4.65. The van der Waals surface area contributed by atoms with Crippen molar-refractivity contribution in [1.29, 1.82) is 0 Å². The number of alkyl halides is 3. The molecule has 1 fully saturated rings. The molecular weight excluding hydrogens is 247 g/mol. The Labute approximate surface area is 102 Å². The van der Waals surface area contributed by atoms with Gasteiger partial charge in [-0.3, -0.25) is 0 Å². The molecule has 0 unspecified atom stereocenters. The highest BCUT2D eigenvalue weighted by molar-refractivity contribution is 5.89. The van der Waals surface area contributed by atoms with E-state index in [1.165, 1.54) is 6.07 Å². The number of benzene rings is 1. The summed E-state index contributed by atoms with van der Waals surface area (Å²) in [5.41, 5.74) is -1.36. The number of halogens is 3. The van der Waals surface area contributed by atoms with Gasteiger partial charge in [-0.15, -0.1) is 0 Å². The van der Waals surface area contributed by atoms with E-state index >= 15 is 0 Å². The van der Waals surface area contributed by atoms with Crippen molar-refractivity contribution in [2.45, 2.75) is 31.6 Å². The topological polar surface area (TPSA) is 49.3 Å². The third kappa shape index (κ3) is 3.01. The lowest BCUT2D eigenvalue weighted by Crippen LogP contribution is -2.18. The van der Waals surface area contributed by atoms with Gasteiger partial charge in [0, 0.05) is 12.6 Å². The summed E-state index contributed by atoms with van der Waals surface area (Å²) < 4.78 is 38.1. The minimum Gasteiger partial charge on any atom is -0.478 e. The van der Waals surface area contributed by atoms with E-state index in [9.17, 15) is 18.0 Å². The van der Waals surface area contributed by atoms with Crippen LogP contribution in [0.25, 0.3) is 0 Å². The van der Waals surface area contributed by atoms with Gasteiger partial charge in [-0.25, -0.2) is 4.79 Å². The van der Waals surface area contributed by atoms with Gasteiger partial charge >= 0.3 is 12.1 Å². The number of hydrogen-bond acceptors (Lipinski definition) is 2. The average Bonchev–Trinajstić information content (AvgIpc) is 3.08. The fraction of sp³-hybridized carbons (Fsp3) is 0.417. The summed E-state index contributed by atoms with van der Waals surface area (Å²) in [6, 6.07) is 3.71. The van der Waals surface area contributed by atoms with Gasteiger partial charge in [0.05, 0.1) is 11.1 Å². The maximum atomic E-state index is 12.7. The molecule has 0 aromatic heterocycles. The number of rotatable bonds is 4. The first kappa shape index (κ1) is 12.9. The van der Waals surface area contributed by atoms with Crippen molar-refractivity contribution >= 4 is 5.97 Å². The second-order valence-corrected chi connectivity index (χ2v) is 4.34. The summed E-state index contributed by atoms with van der Waals surface area (Å²) in [5, 5.41) is 11.8. The van der Waals surface area contributed by atoms with Crippen LogP contribution in [-0.2, 0) is 12.7 Å². The number of hydrogen-bond donors (Lipinski definition) is 2. The molecule has 0 spiro atoms. The van der Waals surface area contributed by atoms with Crippen molar-refractivity contribution in [2.24, 2.45) is 0 Å². The summed E-state index contributed by atoms with van der Waals surface area (Å²) in [6.45, 7) is 0.327. The van der Waals surface area contributed by atoms with E-state index in [4.69, 9.17) is 5.11 Å². The van der Waals surface area contributed by atoms with Crippen LogP contribution in [0.1, 0.15) is 34.3 Å². The monoisotopic (exact) mass is 259 g/mol. The van der Waals surface area contributed by atoms with Crippen molar-refractivity contribution in [1.82, 2.24) is 5.32 Å². The van der Waals surface area contributed by atoms with Crippen LogP contribution < -0.4 is 5.32 Å². The van der Waals surface area contributed by atoms with Gasteiger partial charge in [-0.1, -0.05) is 6.07 Å². The molecule has 3 nitrogen and oxygen atoms in total. The molecule has 1 saturated carbocycles. The molecule has 2 rings (SSSR count). The molecule has 0 radical (unpaired) electrons. The number of nitrogens with one attached hydrogen (secondary N) is 1. The average molecular weight is 259 g/mol. The van der Waals surface area contributed by atoms with Gasteiger partial charge in [0.1, 0.15) is 0 Å². The quantitative estimate of drug-likeness (QED) is 0.874. The fourth-order valence-electron chi connectivity index (χ4n) is 1.67. The maximum absolute atomic E-state index is 12.7. The van der Waals surface area contributed by atoms with E-state index in [1.54, 1.807) is 0 Å². The summed E-state index contributed by atoms with van der Waals surface area (Å²) >= 11 is 0. The van der Waals surface area contributed by atoms with Crippen molar-refractivity contribution < 1.29 is 23.1 Å². The normalized spacial score (nSPS) is 15.7. The molecule has 0 aliphatic heterocycles. The third-order valence-electron chi connectivity index (χ3n) is 2.79. The van der Waals surface area contributed by atoms with Crippen molar-refractivity contribution in [3.8, 4) is 0 Å². The molecule has 1 aliphatic rings. The molecule has 1 aromatic carbocycles. The van der Waals surface area contributed by atoms with Crippen LogP contribution >= 0.6 is 0 Å². The number of carbonyl (C=O) groups is 1. The Kier molecular flexibility index (Phi) is 3.30. The first-order chi connectivity index (χ1) is 8.38. The van der Waals surface area contributed by atoms with E-state index in [-0.39, 0.29) is 0 Å². The highest BCUT2D eigenvalue weighted by Crippen LogP contribution is 2.33. The highest BCUT2D eigenvalue weighted by Gasteiger charge is 2.35. The number of aromatic carboxylic acids is 1. The van der Waals surface area contributed by atoms with Gasteiger partial charge in [0.2, 0.25) is 0 Å². The lowest BCUT2D eigenvalue weighted by atomic mass is 10.0. The van der Waals surface area contributed by atoms with Crippen molar-refractivity contribution in [2.75, 3.05) is 0 Å². The van der Waals surface area contributed by atoms with Crippen LogP contribution in [0.5, 0.6) is 0 Å². The van der Waals surface area contributed by atoms with Gasteiger partial charge in [-0.2, -0.15) is 13.2 Å². The predicted molar refractivity (Wildman–Crippen MR) is 58.3 cm³/mol. The molecule has 18 heavy (non-hydrogen) atoms. The van der Waals surface area contributed by atoms with Crippen LogP contribution in [0.3, 0.4) is 0 Å². The van der Waals surface area contributed by atoms with Crippen LogP contribution in [0, 0.1) is 0 Å². The van der Waals surface area contributed by atoms with Crippen LogP contribution in [0.4, 0.5) is 13.2 Å². The third-order valence-corrected chi connectivity index (χ3v) is 2.79. The Balaban J connectivity index is 2.25. The number of carboxylic acids is 1. The molecule has 0 atom stereocenters. The Bertz CT molecular complexity index is 467. The lowest BCUT2D eigenvalue weighted by molar-refractivity contribution is -0.138. The second-order valence-electron chi connectivity index (χ2n) is 4.34. The Morgan fingerprint density at radius 1 is 1.39 bits per heavy atom. The molecule has 0 heterocycles. The summed E-state index contributed by atoms with van der Waals surface area (Å²) in [6.07, 6.45) is -2.57. The second kappa shape index (κ2) is 4.61. The number of carboxylic acid groups (broad SMARTS) is 1. The fourth-order valence-corrected chi connectivity index (χ4v) is 1.67. The van der Waals surface area contributed by atoms with Gasteiger partial charge in [-0.05, 0) is 30.5 Å². The highest BCUT2D eigenvalue weighted by atomic mass is 19.4. The maximum Gasteiger partial charge on any atom is 0.417 e. The van der Waals surface area contributed by atoms with E-state index in [0.29, 0.717) is 18.2 Å². The van der Waals surface area contributed by atoms with Gasteiger partial charge in [0.25, 0.3) is 0 Å². The SMILES string of the molecule is O=C(O)c1ccc(CNC2CC2)cc1C(F)(F)F. The molecule has 98 valence electrons. The minimum absolute atomic E-state index is 0.327. The Hall–Kier alpha value is -1.56. The Morgan fingerprint density at radius 3 is 2.56 bits per heavy atom. The van der Waals surface area contributed by atoms with Crippen LogP contribution in [0.15, 0.2) is 18.2 Å². The van der Waals surface area contributed by atoms with Crippen molar-refractivity contribution in [3.05, 3.63) is 34.9 Å². The molecular formula is C12H12F3NO2. The first-order valence-corrected chi connectivity index (χ1v) is 5.54. The smallest absolute Gasteiger partial charge is 0.417 e. The predicted octanol–water partition coefficient (Wildman–Crippen LogP) is 2.66. The molecule has 0 bridgehead atoms. The lowest BCUT2D eigenvalue weighted by Gasteiger charge is -2.12. The van der Waals surface area contributed by atoms with Crippen molar-refractivity contribution in [3.63, 3.8) is 0 Å². The molecule has 0 amide bonds. The molecule has 2 N–H and O–H groups in total. The van der Waals surface area contributed by atoms with E-state index in [2.05, 4.69) is 5.32 Å². The Morgan fingerprint density at radius 2 is 2.06 bits per heavy atom. The van der Waals surface area contributed by atoms with Gasteiger partial charge < -0.3 is 10.4 Å². The summed E-state index contributed by atoms with van der Waals surface area (Å²) in [5.74, 6) is -1.57. The molecule has 6 heteroatoms. The zero-order chi connectivity index (χ0) is 13.3. The zero-order valence-corrected chi connectivity index (χ0v) is 9.42. The van der Waals surface area contributed by atoms with Gasteiger partial charge in [0.15, 0.2) is 0 Å². The van der Waals surface area contributed by atoms with Crippen LogP contribution in [-0.4, -0.2) is 17.1 Å². The largest absolute Gasteiger partial charge is 0.478 e.